The van der Waals surface area contributed by atoms with E-state index in [2.05, 4.69) is 10.2 Å². The summed E-state index contributed by atoms with van der Waals surface area (Å²) in [6.45, 7) is 3.27. The Morgan fingerprint density at radius 2 is 1.90 bits per heavy atom. The van der Waals surface area contributed by atoms with Gasteiger partial charge in [0.15, 0.2) is 0 Å². The lowest BCUT2D eigenvalue weighted by atomic mass is 9.90. The maximum Gasteiger partial charge on any atom is 0.223 e. The number of ether oxygens (including phenoxy) is 2. The molecule has 0 unspecified atom stereocenters. The van der Waals surface area contributed by atoms with Gasteiger partial charge in [-0.2, -0.15) is 0 Å². The van der Waals surface area contributed by atoms with E-state index in [1.54, 1.807) is 20.3 Å². The second-order valence-electron chi connectivity index (χ2n) is 8.74. The molecule has 1 spiro atoms. The number of likely N-dealkylation sites (tertiary alicyclic amines) is 1. The van der Waals surface area contributed by atoms with Crippen LogP contribution >= 0.6 is 0 Å². The van der Waals surface area contributed by atoms with Gasteiger partial charge in [-0.3, -0.25) is 9.69 Å². The average Bonchev–Trinajstić information content (AvgIpc) is 3.50. The van der Waals surface area contributed by atoms with E-state index < -0.39 is 0 Å². The van der Waals surface area contributed by atoms with Crippen LogP contribution in [-0.4, -0.2) is 49.8 Å². The summed E-state index contributed by atoms with van der Waals surface area (Å²) in [5.41, 5.74) is 2.21. The molecule has 31 heavy (non-hydrogen) atoms. The number of para-hydroxylation sites is 1. The minimum atomic E-state index is 0.140. The first-order valence-corrected chi connectivity index (χ1v) is 11.0. The number of carbonyl (C=O) groups excluding carboxylic acids is 1. The molecule has 6 nitrogen and oxygen atoms in total. The van der Waals surface area contributed by atoms with Gasteiger partial charge in [0, 0.05) is 30.6 Å². The van der Waals surface area contributed by atoms with Gasteiger partial charge >= 0.3 is 0 Å². The quantitative estimate of drug-likeness (QED) is 0.680. The monoisotopic (exact) mass is 424 g/mol. The van der Waals surface area contributed by atoms with Crippen LogP contribution in [0, 0.1) is 11.3 Å². The molecule has 1 aliphatic carbocycles. The Hall–Kier alpha value is -2.73. The number of hydrogen-bond acceptors (Lipinski definition) is 5. The number of hydrogen-bond donors (Lipinski definition) is 2. The topological polar surface area (TPSA) is 71.0 Å². The fourth-order valence-electron chi connectivity index (χ4n) is 4.83. The molecule has 1 saturated heterocycles. The number of piperidine rings is 1. The number of phenolic OH excluding ortho intramolecular Hbond substituents is 1. The van der Waals surface area contributed by atoms with Gasteiger partial charge in [-0.1, -0.05) is 24.3 Å². The third kappa shape index (κ3) is 4.79. The fourth-order valence-corrected chi connectivity index (χ4v) is 4.83. The zero-order chi connectivity index (χ0) is 21.8. The molecule has 2 aromatic carbocycles. The van der Waals surface area contributed by atoms with E-state index in [1.165, 1.54) is 0 Å². The molecule has 4 rings (SSSR count). The molecule has 0 bridgehead atoms. The minimum absolute atomic E-state index is 0.140. The van der Waals surface area contributed by atoms with Gasteiger partial charge in [0.25, 0.3) is 0 Å². The maximum absolute atomic E-state index is 12.7. The highest BCUT2D eigenvalue weighted by molar-refractivity contribution is 5.82. The number of benzene rings is 2. The summed E-state index contributed by atoms with van der Waals surface area (Å²) in [6, 6.07) is 13.4. The second kappa shape index (κ2) is 9.18. The molecule has 2 aromatic rings. The van der Waals surface area contributed by atoms with Gasteiger partial charge in [0.1, 0.15) is 17.2 Å². The molecule has 2 aliphatic rings. The van der Waals surface area contributed by atoms with Crippen LogP contribution in [0.5, 0.6) is 17.2 Å². The normalized spacial score (nSPS) is 19.7. The number of amides is 1. The lowest BCUT2D eigenvalue weighted by Gasteiger charge is -2.33. The Balaban J connectivity index is 1.22. The minimum Gasteiger partial charge on any atom is -0.507 e. The fraction of sp³-hybridized carbons (Fsp3) is 0.480. The molecule has 6 heteroatoms. The zero-order valence-electron chi connectivity index (χ0n) is 18.4. The van der Waals surface area contributed by atoms with Crippen LogP contribution in [0.25, 0.3) is 0 Å². The number of nitrogens with zero attached hydrogens (tertiary/aromatic N) is 1. The molecule has 166 valence electrons. The first kappa shape index (κ1) is 21.5. The van der Waals surface area contributed by atoms with Crippen molar-refractivity contribution in [3.05, 3.63) is 53.6 Å². The molecule has 1 saturated carbocycles. The van der Waals surface area contributed by atoms with Crippen molar-refractivity contribution >= 4 is 5.91 Å². The highest BCUT2D eigenvalue weighted by Gasteiger charge is 2.58. The Kier molecular flexibility index (Phi) is 6.37. The van der Waals surface area contributed by atoms with Crippen LogP contribution in [0.1, 0.15) is 30.4 Å². The number of aromatic hydroxyl groups is 1. The van der Waals surface area contributed by atoms with Crippen molar-refractivity contribution in [2.75, 3.05) is 33.9 Å². The number of rotatable bonds is 8. The molecule has 1 atom stereocenters. The van der Waals surface area contributed by atoms with E-state index in [0.29, 0.717) is 12.3 Å². The van der Waals surface area contributed by atoms with Crippen molar-refractivity contribution in [2.24, 2.45) is 11.3 Å². The molecular formula is C25H32N2O4. The Labute approximate surface area is 184 Å². The van der Waals surface area contributed by atoms with Crippen molar-refractivity contribution in [2.45, 2.75) is 32.2 Å². The summed E-state index contributed by atoms with van der Waals surface area (Å²) in [5.74, 6) is 2.14. The predicted molar refractivity (Wildman–Crippen MR) is 119 cm³/mol. The van der Waals surface area contributed by atoms with E-state index >= 15 is 0 Å². The largest absolute Gasteiger partial charge is 0.507 e. The number of methoxy groups -OCH3 is 2. The first-order chi connectivity index (χ1) is 15.0. The standard InChI is InChI=1S/C25H32N2O4/c1-30-20-8-7-19(22(28)15-20)17-27-13-10-25(11-14-27)16-21(25)24(29)26-12-9-18-5-3-4-6-23(18)31-2/h3-8,15,21,28H,9-14,16-17H2,1-2H3,(H,26,29)/t21-/m0/s1. The molecule has 1 heterocycles. The van der Waals surface area contributed by atoms with Crippen LogP contribution < -0.4 is 14.8 Å². The zero-order valence-corrected chi connectivity index (χ0v) is 18.4. The van der Waals surface area contributed by atoms with Crippen molar-refractivity contribution < 1.29 is 19.4 Å². The Morgan fingerprint density at radius 3 is 2.61 bits per heavy atom. The molecule has 0 aromatic heterocycles. The molecule has 1 aliphatic heterocycles. The van der Waals surface area contributed by atoms with Crippen LogP contribution in [-0.2, 0) is 17.8 Å². The summed E-state index contributed by atoms with van der Waals surface area (Å²) in [6.07, 6.45) is 3.84. The second-order valence-corrected chi connectivity index (χ2v) is 8.74. The van der Waals surface area contributed by atoms with Crippen molar-refractivity contribution in [3.8, 4) is 17.2 Å². The highest BCUT2D eigenvalue weighted by Crippen LogP contribution is 2.59. The number of phenols is 1. The van der Waals surface area contributed by atoms with E-state index in [1.807, 2.05) is 36.4 Å². The summed E-state index contributed by atoms with van der Waals surface area (Å²) in [4.78, 5) is 15.1. The summed E-state index contributed by atoms with van der Waals surface area (Å²) >= 11 is 0. The van der Waals surface area contributed by atoms with Crippen LogP contribution in [0.4, 0.5) is 0 Å². The van der Waals surface area contributed by atoms with E-state index in [4.69, 9.17) is 9.47 Å². The summed E-state index contributed by atoms with van der Waals surface area (Å²) in [5, 5.41) is 13.3. The van der Waals surface area contributed by atoms with Gasteiger partial charge in [0.2, 0.25) is 5.91 Å². The van der Waals surface area contributed by atoms with Crippen LogP contribution in [0.3, 0.4) is 0 Å². The molecule has 1 amide bonds. The van der Waals surface area contributed by atoms with Crippen molar-refractivity contribution in [1.29, 1.82) is 0 Å². The van der Waals surface area contributed by atoms with Crippen molar-refractivity contribution in [3.63, 3.8) is 0 Å². The Bertz CT molecular complexity index is 921. The van der Waals surface area contributed by atoms with Crippen LogP contribution in [0.15, 0.2) is 42.5 Å². The van der Waals surface area contributed by atoms with Gasteiger partial charge < -0.3 is 19.9 Å². The molecular weight excluding hydrogens is 392 g/mol. The van der Waals surface area contributed by atoms with Gasteiger partial charge in [0.05, 0.1) is 14.2 Å². The van der Waals surface area contributed by atoms with Gasteiger partial charge in [-0.15, -0.1) is 0 Å². The third-order valence-electron chi connectivity index (χ3n) is 6.93. The van der Waals surface area contributed by atoms with Gasteiger partial charge in [-0.05, 0) is 61.9 Å². The van der Waals surface area contributed by atoms with E-state index in [-0.39, 0.29) is 23.0 Å². The number of carbonyl (C=O) groups is 1. The van der Waals surface area contributed by atoms with Crippen LogP contribution in [0.2, 0.25) is 0 Å². The highest BCUT2D eigenvalue weighted by atomic mass is 16.5. The summed E-state index contributed by atoms with van der Waals surface area (Å²) < 4.78 is 10.5. The smallest absolute Gasteiger partial charge is 0.223 e. The van der Waals surface area contributed by atoms with Crippen molar-refractivity contribution in [1.82, 2.24) is 10.2 Å². The van der Waals surface area contributed by atoms with E-state index in [0.717, 1.165) is 62.2 Å². The molecule has 2 fully saturated rings. The average molecular weight is 425 g/mol. The van der Waals surface area contributed by atoms with E-state index in [9.17, 15) is 9.90 Å². The third-order valence-corrected chi connectivity index (χ3v) is 6.93. The SMILES string of the molecule is COc1ccc(CN2CCC3(CC2)C[C@H]3C(=O)NCCc2ccccc2OC)c(O)c1. The molecule has 0 radical (unpaired) electrons. The predicted octanol–water partition coefficient (Wildman–Crippen LogP) is 3.37. The first-order valence-electron chi connectivity index (χ1n) is 11.0. The maximum atomic E-state index is 12.7. The summed E-state index contributed by atoms with van der Waals surface area (Å²) in [7, 11) is 3.27. The number of nitrogens with one attached hydrogen (secondary N) is 1. The lowest BCUT2D eigenvalue weighted by molar-refractivity contribution is -0.123. The van der Waals surface area contributed by atoms with Gasteiger partial charge in [-0.25, -0.2) is 0 Å². The molecule has 2 N–H and O–H groups in total. The lowest BCUT2D eigenvalue weighted by Crippen LogP contribution is -2.37. The Morgan fingerprint density at radius 1 is 1.13 bits per heavy atom.